The van der Waals surface area contributed by atoms with Crippen molar-refractivity contribution >= 4 is 16.5 Å². The predicted octanol–water partition coefficient (Wildman–Crippen LogP) is 3.25. The van der Waals surface area contributed by atoms with E-state index in [0.717, 1.165) is 29.5 Å². The van der Waals surface area contributed by atoms with Crippen LogP contribution < -0.4 is 4.90 Å². The topological polar surface area (TPSA) is 49.1 Å². The lowest BCUT2D eigenvalue weighted by Gasteiger charge is -2.29. The maximum Gasteiger partial charge on any atom is 0.188 e. The summed E-state index contributed by atoms with van der Waals surface area (Å²) >= 11 is 1.62. The van der Waals surface area contributed by atoms with Crippen molar-refractivity contribution in [3.05, 3.63) is 35.2 Å². The van der Waals surface area contributed by atoms with Gasteiger partial charge in [0.05, 0.1) is 23.9 Å². The van der Waals surface area contributed by atoms with Gasteiger partial charge in [0.2, 0.25) is 0 Å². The van der Waals surface area contributed by atoms with E-state index >= 15 is 0 Å². The molecule has 0 saturated carbocycles. The minimum atomic E-state index is -0.292. The Kier molecular flexibility index (Phi) is 3.20. The zero-order valence-corrected chi connectivity index (χ0v) is 12.3. The Morgan fingerprint density at radius 1 is 1.35 bits per heavy atom. The molecule has 0 atom stereocenters. The van der Waals surface area contributed by atoms with Gasteiger partial charge < -0.3 is 9.64 Å². The minimum absolute atomic E-state index is 0.292. The van der Waals surface area contributed by atoms with E-state index in [2.05, 4.69) is 24.8 Å². The van der Waals surface area contributed by atoms with E-state index in [9.17, 15) is 0 Å². The molecule has 0 bridgehead atoms. The Morgan fingerprint density at radius 3 is 2.70 bits per heavy atom. The number of aromatic nitrogens is 1. The Labute approximate surface area is 122 Å². The molecule has 4 nitrogen and oxygen atoms in total. The van der Waals surface area contributed by atoms with Crippen LogP contribution in [-0.2, 0) is 4.74 Å². The fourth-order valence-electron chi connectivity index (χ4n) is 2.30. The van der Waals surface area contributed by atoms with E-state index in [0.29, 0.717) is 5.56 Å². The Morgan fingerprint density at radius 2 is 2.10 bits per heavy atom. The second-order valence-electron chi connectivity index (χ2n) is 5.15. The zero-order valence-electron chi connectivity index (χ0n) is 11.5. The molecule has 1 aromatic heterocycles. The number of rotatable bonds is 2. The van der Waals surface area contributed by atoms with Crippen LogP contribution >= 0.6 is 11.3 Å². The molecular weight excluding hydrogens is 270 g/mol. The molecule has 0 spiro atoms. The molecular formula is C15H15N3OS. The molecule has 1 aromatic carbocycles. The van der Waals surface area contributed by atoms with Gasteiger partial charge in [-0.15, -0.1) is 11.3 Å². The summed E-state index contributed by atoms with van der Waals surface area (Å²) in [5.74, 6) is 0. The van der Waals surface area contributed by atoms with Crippen LogP contribution in [0.1, 0.15) is 19.4 Å². The smallest absolute Gasteiger partial charge is 0.188 e. The van der Waals surface area contributed by atoms with Crippen LogP contribution in [0.2, 0.25) is 0 Å². The van der Waals surface area contributed by atoms with Gasteiger partial charge in [0, 0.05) is 17.5 Å². The highest BCUT2D eigenvalue weighted by molar-refractivity contribution is 7.14. The summed E-state index contributed by atoms with van der Waals surface area (Å²) in [4.78, 5) is 6.88. The molecule has 5 heteroatoms. The third kappa shape index (κ3) is 2.28. The molecule has 20 heavy (non-hydrogen) atoms. The number of nitrogens with zero attached hydrogens (tertiary/aromatic N) is 3. The Hall–Kier alpha value is -1.90. The molecule has 2 aromatic rings. The molecule has 1 saturated heterocycles. The fourth-order valence-corrected chi connectivity index (χ4v) is 3.29. The highest BCUT2D eigenvalue weighted by atomic mass is 32.1. The SMILES string of the molecule is CC1(C)OCCN1c1nc(-c2ccc(C#N)cc2)cs1. The summed E-state index contributed by atoms with van der Waals surface area (Å²) in [5, 5.41) is 11.8. The standard InChI is InChI=1S/C15H15N3OS/c1-15(2)18(7-8-19-15)14-17-13(10-20-14)12-5-3-11(9-16)4-6-12/h3-6,10H,7-8H2,1-2H3. The maximum absolute atomic E-state index is 8.82. The van der Waals surface area contributed by atoms with Crippen molar-refractivity contribution in [2.24, 2.45) is 0 Å². The third-order valence-electron chi connectivity index (χ3n) is 3.45. The van der Waals surface area contributed by atoms with Crippen LogP contribution in [0.15, 0.2) is 29.6 Å². The summed E-state index contributed by atoms with van der Waals surface area (Å²) < 4.78 is 5.71. The molecule has 0 unspecified atom stereocenters. The van der Waals surface area contributed by atoms with Crippen LogP contribution in [0.4, 0.5) is 5.13 Å². The number of benzene rings is 1. The summed E-state index contributed by atoms with van der Waals surface area (Å²) in [6, 6.07) is 9.62. The molecule has 0 aliphatic carbocycles. The Bertz CT molecular complexity index is 655. The van der Waals surface area contributed by atoms with Crippen molar-refractivity contribution < 1.29 is 4.74 Å². The quantitative estimate of drug-likeness (QED) is 0.850. The van der Waals surface area contributed by atoms with Crippen LogP contribution in [-0.4, -0.2) is 23.9 Å². The fraction of sp³-hybridized carbons (Fsp3) is 0.333. The van der Waals surface area contributed by atoms with E-state index < -0.39 is 0 Å². The first-order valence-electron chi connectivity index (χ1n) is 6.48. The average Bonchev–Trinajstić information content (AvgIpc) is 3.04. The normalized spacial score (nSPS) is 17.1. The third-order valence-corrected chi connectivity index (χ3v) is 4.32. The predicted molar refractivity (Wildman–Crippen MR) is 79.6 cm³/mol. The van der Waals surface area contributed by atoms with Crippen molar-refractivity contribution in [2.75, 3.05) is 18.1 Å². The first-order chi connectivity index (χ1) is 9.60. The van der Waals surface area contributed by atoms with Gasteiger partial charge in [-0.25, -0.2) is 4.98 Å². The maximum atomic E-state index is 8.82. The highest BCUT2D eigenvalue weighted by Crippen LogP contribution is 2.34. The van der Waals surface area contributed by atoms with E-state index in [-0.39, 0.29) is 5.72 Å². The number of anilines is 1. The van der Waals surface area contributed by atoms with Crippen molar-refractivity contribution in [2.45, 2.75) is 19.6 Å². The average molecular weight is 285 g/mol. The van der Waals surface area contributed by atoms with Crippen LogP contribution in [0.5, 0.6) is 0 Å². The van der Waals surface area contributed by atoms with Gasteiger partial charge in [-0.05, 0) is 26.0 Å². The molecule has 1 aliphatic rings. The van der Waals surface area contributed by atoms with Gasteiger partial charge in [-0.2, -0.15) is 5.26 Å². The lowest BCUT2D eigenvalue weighted by molar-refractivity contribution is 0.0383. The van der Waals surface area contributed by atoms with Crippen molar-refractivity contribution in [1.82, 2.24) is 4.98 Å². The van der Waals surface area contributed by atoms with Crippen LogP contribution in [0, 0.1) is 11.3 Å². The van der Waals surface area contributed by atoms with Gasteiger partial charge in [-0.3, -0.25) is 0 Å². The van der Waals surface area contributed by atoms with Gasteiger partial charge in [0.1, 0.15) is 5.72 Å². The summed E-state index contributed by atoms with van der Waals surface area (Å²) in [6.07, 6.45) is 0. The summed E-state index contributed by atoms with van der Waals surface area (Å²) in [6.45, 7) is 5.72. The van der Waals surface area contributed by atoms with Crippen molar-refractivity contribution in [3.63, 3.8) is 0 Å². The van der Waals surface area contributed by atoms with E-state index in [1.165, 1.54) is 0 Å². The molecule has 0 amide bonds. The zero-order chi connectivity index (χ0) is 14.2. The first kappa shape index (κ1) is 13.1. The monoisotopic (exact) mass is 285 g/mol. The lowest BCUT2D eigenvalue weighted by Crippen LogP contribution is -2.39. The van der Waals surface area contributed by atoms with E-state index in [4.69, 9.17) is 15.0 Å². The molecule has 1 fully saturated rings. The number of hydrogen-bond acceptors (Lipinski definition) is 5. The molecule has 1 aliphatic heterocycles. The lowest BCUT2D eigenvalue weighted by atomic mass is 10.1. The van der Waals surface area contributed by atoms with Gasteiger partial charge in [0.25, 0.3) is 0 Å². The molecule has 0 radical (unpaired) electrons. The minimum Gasteiger partial charge on any atom is -0.354 e. The second kappa shape index (κ2) is 4.89. The summed E-state index contributed by atoms with van der Waals surface area (Å²) in [5.41, 5.74) is 2.35. The van der Waals surface area contributed by atoms with Gasteiger partial charge in [-0.1, -0.05) is 12.1 Å². The van der Waals surface area contributed by atoms with E-state index in [1.54, 1.807) is 11.3 Å². The van der Waals surface area contributed by atoms with Crippen molar-refractivity contribution in [3.8, 4) is 17.3 Å². The number of nitriles is 1. The Balaban J connectivity index is 1.88. The molecule has 102 valence electrons. The van der Waals surface area contributed by atoms with Crippen LogP contribution in [0.3, 0.4) is 0 Å². The molecule has 0 N–H and O–H groups in total. The van der Waals surface area contributed by atoms with Crippen molar-refractivity contribution in [1.29, 1.82) is 5.26 Å². The number of hydrogen-bond donors (Lipinski definition) is 0. The van der Waals surface area contributed by atoms with Crippen LogP contribution in [0.25, 0.3) is 11.3 Å². The van der Waals surface area contributed by atoms with Gasteiger partial charge in [0.15, 0.2) is 5.13 Å². The number of ether oxygens (including phenoxy) is 1. The summed E-state index contributed by atoms with van der Waals surface area (Å²) in [7, 11) is 0. The second-order valence-corrected chi connectivity index (χ2v) is 5.99. The van der Waals surface area contributed by atoms with E-state index in [1.807, 2.05) is 29.6 Å². The molecule has 3 rings (SSSR count). The molecule has 2 heterocycles. The first-order valence-corrected chi connectivity index (χ1v) is 7.36. The highest BCUT2D eigenvalue weighted by Gasteiger charge is 2.34. The van der Waals surface area contributed by atoms with Gasteiger partial charge >= 0.3 is 0 Å². The largest absolute Gasteiger partial charge is 0.354 e. The number of thiazole rings is 1.